The minimum Gasteiger partial charge on any atom is -0.393 e. The van der Waals surface area contributed by atoms with Crippen LogP contribution in [0, 0.1) is 5.82 Å². The van der Waals surface area contributed by atoms with Crippen LogP contribution in [-0.2, 0) is 17.7 Å². The van der Waals surface area contributed by atoms with E-state index in [1.54, 1.807) is 12.3 Å². The summed E-state index contributed by atoms with van der Waals surface area (Å²) < 4.78 is 19.2. The number of rotatable bonds is 5. The fourth-order valence-electron chi connectivity index (χ4n) is 2.95. The summed E-state index contributed by atoms with van der Waals surface area (Å²) in [6.07, 6.45) is 2.21. The molecule has 1 fully saturated rings. The number of benzene rings is 1. The Hall–Kier alpha value is -1.76. The minimum atomic E-state index is -0.688. The maximum Gasteiger partial charge on any atom is 0.123 e. The first-order valence-corrected chi connectivity index (χ1v) is 7.39. The second-order valence-electron chi connectivity index (χ2n) is 5.79. The van der Waals surface area contributed by atoms with E-state index in [1.807, 2.05) is 12.1 Å². The highest BCUT2D eigenvalue weighted by molar-refractivity contribution is 5.19. The van der Waals surface area contributed by atoms with E-state index in [2.05, 4.69) is 15.1 Å². The molecule has 118 valence electrons. The van der Waals surface area contributed by atoms with Crippen LogP contribution in [0.4, 0.5) is 4.39 Å². The third-order valence-corrected chi connectivity index (χ3v) is 3.98. The number of aromatic nitrogens is 2. The summed E-state index contributed by atoms with van der Waals surface area (Å²) in [5.74, 6) is -0.268. The summed E-state index contributed by atoms with van der Waals surface area (Å²) in [6, 6.07) is 8.39. The number of hydrogen-bond acceptors (Lipinski definition) is 4. The number of aliphatic hydroxyl groups excluding tert-OH is 1. The quantitative estimate of drug-likeness (QED) is 0.875. The van der Waals surface area contributed by atoms with Crippen molar-refractivity contribution in [1.29, 1.82) is 0 Å². The van der Waals surface area contributed by atoms with Gasteiger partial charge in [-0.2, -0.15) is 5.10 Å². The molecule has 3 rings (SSSR count). The number of halogens is 1. The zero-order valence-electron chi connectivity index (χ0n) is 12.3. The third kappa shape index (κ3) is 3.52. The van der Waals surface area contributed by atoms with E-state index in [1.165, 1.54) is 12.1 Å². The molecule has 0 saturated carbocycles. The maximum absolute atomic E-state index is 13.4. The van der Waals surface area contributed by atoms with Crippen molar-refractivity contribution in [2.24, 2.45) is 0 Å². The molecule has 1 aliphatic rings. The molecule has 2 N–H and O–H groups in total. The number of nitrogens with zero attached hydrogens (tertiary/aromatic N) is 2. The molecule has 0 unspecified atom stereocenters. The van der Waals surface area contributed by atoms with Crippen LogP contribution < -0.4 is 0 Å². The summed E-state index contributed by atoms with van der Waals surface area (Å²) in [5, 5.41) is 16.7. The molecule has 0 radical (unpaired) electrons. The van der Waals surface area contributed by atoms with Crippen molar-refractivity contribution in [3.05, 3.63) is 53.6 Å². The molecule has 0 amide bonds. The van der Waals surface area contributed by atoms with Gasteiger partial charge in [-0.25, -0.2) is 4.39 Å². The summed E-state index contributed by atoms with van der Waals surface area (Å²) in [4.78, 5) is 2.21. The standard InChI is InChI=1S/C16H20FN3O2/c17-14-3-1-2-13(8-14)9-16(12-21)11-20(6-7-22-16)10-15-4-5-18-19-15/h1-5,8,21H,6-7,9-12H2,(H,18,19)/t16-/m1/s1. The van der Waals surface area contributed by atoms with E-state index >= 15 is 0 Å². The molecule has 1 aliphatic heterocycles. The van der Waals surface area contributed by atoms with Crippen LogP contribution in [0.5, 0.6) is 0 Å². The molecule has 6 heteroatoms. The lowest BCUT2D eigenvalue weighted by Crippen LogP contribution is -2.55. The fraction of sp³-hybridized carbons (Fsp3) is 0.438. The van der Waals surface area contributed by atoms with Crippen molar-refractivity contribution in [3.8, 4) is 0 Å². The first-order valence-electron chi connectivity index (χ1n) is 7.39. The average molecular weight is 305 g/mol. The summed E-state index contributed by atoms with van der Waals surface area (Å²) in [6.45, 7) is 2.57. The van der Waals surface area contributed by atoms with Gasteiger partial charge in [0.1, 0.15) is 11.4 Å². The highest BCUT2D eigenvalue weighted by Gasteiger charge is 2.36. The number of hydrogen-bond donors (Lipinski definition) is 2. The van der Waals surface area contributed by atoms with Gasteiger partial charge in [0, 0.05) is 37.9 Å². The monoisotopic (exact) mass is 305 g/mol. The molecule has 1 aromatic carbocycles. The maximum atomic E-state index is 13.4. The lowest BCUT2D eigenvalue weighted by molar-refractivity contribution is -0.134. The van der Waals surface area contributed by atoms with E-state index in [-0.39, 0.29) is 12.4 Å². The van der Waals surface area contributed by atoms with E-state index < -0.39 is 5.60 Å². The van der Waals surface area contributed by atoms with Gasteiger partial charge in [-0.1, -0.05) is 12.1 Å². The van der Waals surface area contributed by atoms with Gasteiger partial charge in [0.25, 0.3) is 0 Å². The van der Waals surface area contributed by atoms with Gasteiger partial charge in [0.05, 0.1) is 13.2 Å². The van der Waals surface area contributed by atoms with Crippen LogP contribution in [-0.4, -0.2) is 52.1 Å². The van der Waals surface area contributed by atoms with Crippen LogP contribution >= 0.6 is 0 Å². The first kappa shape index (κ1) is 15.1. The van der Waals surface area contributed by atoms with Gasteiger partial charge in [0.15, 0.2) is 0 Å². The largest absolute Gasteiger partial charge is 0.393 e. The zero-order chi connectivity index (χ0) is 15.4. The van der Waals surface area contributed by atoms with Crippen molar-refractivity contribution in [2.45, 2.75) is 18.6 Å². The summed E-state index contributed by atoms with van der Waals surface area (Å²) >= 11 is 0. The highest BCUT2D eigenvalue weighted by Crippen LogP contribution is 2.24. The Morgan fingerprint density at radius 3 is 3.05 bits per heavy atom. The number of ether oxygens (including phenoxy) is 1. The highest BCUT2D eigenvalue weighted by atomic mass is 19.1. The molecular formula is C16H20FN3O2. The predicted octanol–water partition coefficient (Wildman–Crippen LogP) is 1.35. The molecule has 1 atom stereocenters. The smallest absolute Gasteiger partial charge is 0.123 e. The van der Waals surface area contributed by atoms with Gasteiger partial charge in [-0.3, -0.25) is 10.00 Å². The number of morpholine rings is 1. The Labute approximate surface area is 128 Å². The van der Waals surface area contributed by atoms with Crippen LogP contribution in [0.15, 0.2) is 36.5 Å². The Bertz CT molecular complexity index is 605. The second-order valence-corrected chi connectivity index (χ2v) is 5.79. The van der Waals surface area contributed by atoms with Gasteiger partial charge in [-0.05, 0) is 23.8 Å². The Morgan fingerprint density at radius 1 is 1.41 bits per heavy atom. The van der Waals surface area contributed by atoms with E-state index in [4.69, 9.17) is 4.74 Å². The number of H-pyrrole nitrogens is 1. The van der Waals surface area contributed by atoms with Crippen molar-refractivity contribution in [2.75, 3.05) is 26.3 Å². The van der Waals surface area contributed by atoms with Crippen LogP contribution in [0.1, 0.15) is 11.3 Å². The van der Waals surface area contributed by atoms with Gasteiger partial charge < -0.3 is 9.84 Å². The van der Waals surface area contributed by atoms with Gasteiger partial charge in [0.2, 0.25) is 0 Å². The van der Waals surface area contributed by atoms with Gasteiger partial charge >= 0.3 is 0 Å². The Balaban J connectivity index is 1.71. The van der Waals surface area contributed by atoms with Crippen LogP contribution in [0.2, 0.25) is 0 Å². The molecule has 5 nitrogen and oxygen atoms in total. The molecular weight excluding hydrogens is 285 g/mol. The Morgan fingerprint density at radius 2 is 2.32 bits per heavy atom. The SMILES string of the molecule is OC[C@@]1(Cc2cccc(F)c2)CN(Cc2ccn[nH]2)CCO1. The normalized spacial score (nSPS) is 22.8. The van der Waals surface area contributed by atoms with E-state index in [0.717, 1.165) is 24.3 Å². The molecule has 1 aromatic heterocycles. The fourth-order valence-corrected chi connectivity index (χ4v) is 2.95. The van der Waals surface area contributed by atoms with Gasteiger partial charge in [-0.15, -0.1) is 0 Å². The lowest BCUT2D eigenvalue weighted by Gasteiger charge is -2.41. The molecule has 1 saturated heterocycles. The molecule has 0 spiro atoms. The average Bonchev–Trinajstić information content (AvgIpc) is 3.00. The number of aliphatic hydroxyl groups is 1. The first-order chi connectivity index (χ1) is 10.7. The zero-order valence-corrected chi connectivity index (χ0v) is 12.3. The topological polar surface area (TPSA) is 61.4 Å². The van der Waals surface area contributed by atoms with E-state index in [0.29, 0.717) is 19.6 Å². The predicted molar refractivity (Wildman–Crippen MR) is 79.7 cm³/mol. The van der Waals surface area contributed by atoms with Crippen LogP contribution in [0.25, 0.3) is 0 Å². The number of nitrogens with one attached hydrogen (secondary N) is 1. The minimum absolute atomic E-state index is 0.0943. The number of aromatic amines is 1. The molecule has 0 aliphatic carbocycles. The van der Waals surface area contributed by atoms with Crippen molar-refractivity contribution < 1.29 is 14.2 Å². The van der Waals surface area contributed by atoms with Crippen LogP contribution in [0.3, 0.4) is 0 Å². The second kappa shape index (κ2) is 6.56. The third-order valence-electron chi connectivity index (χ3n) is 3.98. The lowest BCUT2D eigenvalue weighted by atomic mass is 9.93. The van der Waals surface area contributed by atoms with Crippen molar-refractivity contribution in [3.63, 3.8) is 0 Å². The molecule has 0 bridgehead atoms. The summed E-state index contributed by atoms with van der Waals surface area (Å²) in [7, 11) is 0. The molecule has 2 aromatic rings. The molecule has 2 heterocycles. The van der Waals surface area contributed by atoms with Crippen molar-refractivity contribution >= 4 is 0 Å². The van der Waals surface area contributed by atoms with E-state index in [9.17, 15) is 9.50 Å². The Kier molecular flexibility index (Phi) is 4.52. The summed E-state index contributed by atoms with van der Waals surface area (Å²) in [5.41, 5.74) is 1.17. The van der Waals surface area contributed by atoms with Crippen molar-refractivity contribution in [1.82, 2.24) is 15.1 Å². The molecule has 22 heavy (non-hydrogen) atoms.